The largest absolute Gasteiger partial charge is 0.364 e. The Balaban J connectivity index is 1.58. The SMILES string of the molecule is O=C(Cc1csc(-c2cccnc2)n1)NCc1ccc[nH]1. The summed E-state index contributed by atoms with van der Waals surface area (Å²) in [6.45, 7) is 0.505. The Morgan fingerprint density at radius 3 is 3.05 bits per heavy atom. The fourth-order valence-corrected chi connectivity index (χ4v) is 2.72. The van der Waals surface area contributed by atoms with Gasteiger partial charge < -0.3 is 10.3 Å². The number of hydrogen-bond acceptors (Lipinski definition) is 4. The van der Waals surface area contributed by atoms with Gasteiger partial charge in [-0.2, -0.15) is 0 Å². The van der Waals surface area contributed by atoms with Crippen molar-refractivity contribution in [3.05, 3.63) is 59.6 Å². The van der Waals surface area contributed by atoms with Gasteiger partial charge in [-0.25, -0.2) is 4.98 Å². The highest BCUT2D eigenvalue weighted by atomic mass is 32.1. The van der Waals surface area contributed by atoms with Gasteiger partial charge >= 0.3 is 0 Å². The van der Waals surface area contributed by atoms with E-state index < -0.39 is 0 Å². The maximum absolute atomic E-state index is 11.9. The number of hydrogen-bond donors (Lipinski definition) is 2. The molecule has 0 aliphatic heterocycles. The molecule has 0 saturated heterocycles. The van der Waals surface area contributed by atoms with Crippen molar-refractivity contribution in [2.45, 2.75) is 13.0 Å². The van der Waals surface area contributed by atoms with Gasteiger partial charge in [0.2, 0.25) is 5.91 Å². The lowest BCUT2D eigenvalue weighted by Gasteiger charge is -2.02. The molecular weight excluding hydrogens is 284 g/mol. The summed E-state index contributed by atoms with van der Waals surface area (Å²) in [5, 5.41) is 5.66. The van der Waals surface area contributed by atoms with Gasteiger partial charge in [0, 0.05) is 35.2 Å². The molecule has 1 amide bonds. The first-order valence-corrected chi connectivity index (χ1v) is 7.43. The number of carbonyl (C=O) groups is 1. The molecule has 3 aromatic rings. The minimum absolute atomic E-state index is 0.0346. The van der Waals surface area contributed by atoms with E-state index in [1.165, 1.54) is 11.3 Å². The fourth-order valence-electron chi connectivity index (χ4n) is 1.91. The minimum Gasteiger partial charge on any atom is -0.364 e. The molecule has 6 heteroatoms. The molecule has 0 bridgehead atoms. The maximum Gasteiger partial charge on any atom is 0.226 e. The van der Waals surface area contributed by atoms with Crippen LogP contribution in [0.1, 0.15) is 11.4 Å². The average Bonchev–Trinajstić information content (AvgIpc) is 3.17. The second-order valence-electron chi connectivity index (χ2n) is 4.53. The molecule has 0 fully saturated rings. The van der Waals surface area contributed by atoms with E-state index in [0.29, 0.717) is 6.54 Å². The molecule has 2 N–H and O–H groups in total. The number of aromatic amines is 1. The van der Waals surface area contributed by atoms with Gasteiger partial charge in [0.15, 0.2) is 0 Å². The lowest BCUT2D eigenvalue weighted by molar-refractivity contribution is -0.120. The van der Waals surface area contributed by atoms with Gasteiger partial charge in [0.25, 0.3) is 0 Å². The van der Waals surface area contributed by atoms with Gasteiger partial charge in [-0.1, -0.05) is 0 Å². The molecule has 0 atom stereocenters. The van der Waals surface area contributed by atoms with E-state index >= 15 is 0 Å². The van der Waals surface area contributed by atoms with Crippen LogP contribution in [0.5, 0.6) is 0 Å². The van der Waals surface area contributed by atoms with Crippen LogP contribution in [0, 0.1) is 0 Å². The molecular formula is C15H14N4OS. The van der Waals surface area contributed by atoms with Crippen LogP contribution < -0.4 is 5.32 Å². The smallest absolute Gasteiger partial charge is 0.226 e. The normalized spacial score (nSPS) is 10.5. The van der Waals surface area contributed by atoms with E-state index in [0.717, 1.165) is 22.0 Å². The number of pyridine rings is 1. The van der Waals surface area contributed by atoms with Crippen LogP contribution >= 0.6 is 11.3 Å². The number of rotatable bonds is 5. The molecule has 5 nitrogen and oxygen atoms in total. The van der Waals surface area contributed by atoms with Crippen LogP contribution in [0.2, 0.25) is 0 Å². The predicted octanol–water partition coefficient (Wildman–Crippen LogP) is 2.39. The van der Waals surface area contributed by atoms with Crippen molar-refractivity contribution in [3.8, 4) is 10.6 Å². The first-order chi connectivity index (χ1) is 10.3. The van der Waals surface area contributed by atoms with Crippen molar-refractivity contribution in [1.29, 1.82) is 0 Å². The van der Waals surface area contributed by atoms with Crippen LogP contribution in [-0.4, -0.2) is 20.9 Å². The second-order valence-corrected chi connectivity index (χ2v) is 5.39. The van der Waals surface area contributed by atoms with Crippen molar-refractivity contribution in [1.82, 2.24) is 20.3 Å². The van der Waals surface area contributed by atoms with Crippen LogP contribution in [0.4, 0.5) is 0 Å². The molecule has 106 valence electrons. The van der Waals surface area contributed by atoms with Gasteiger partial charge in [-0.05, 0) is 24.3 Å². The Bertz CT molecular complexity index is 706. The Morgan fingerprint density at radius 2 is 2.29 bits per heavy atom. The van der Waals surface area contributed by atoms with Gasteiger partial charge in [0.05, 0.1) is 18.7 Å². The van der Waals surface area contributed by atoms with E-state index in [1.807, 2.05) is 35.8 Å². The zero-order valence-corrected chi connectivity index (χ0v) is 12.1. The summed E-state index contributed by atoms with van der Waals surface area (Å²) in [5.41, 5.74) is 2.74. The number of carbonyl (C=O) groups excluding carboxylic acids is 1. The Hall–Kier alpha value is -2.47. The zero-order chi connectivity index (χ0) is 14.5. The number of nitrogens with one attached hydrogen (secondary N) is 2. The van der Waals surface area contributed by atoms with Crippen molar-refractivity contribution >= 4 is 17.2 Å². The molecule has 3 aromatic heterocycles. The third-order valence-corrected chi connectivity index (χ3v) is 3.88. The molecule has 0 aliphatic carbocycles. The summed E-state index contributed by atoms with van der Waals surface area (Å²) in [5.74, 6) is -0.0346. The second kappa shape index (κ2) is 6.32. The van der Waals surface area contributed by atoms with Gasteiger partial charge in [-0.3, -0.25) is 9.78 Å². The van der Waals surface area contributed by atoms with Crippen LogP contribution in [0.25, 0.3) is 10.6 Å². The average molecular weight is 298 g/mol. The van der Waals surface area contributed by atoms with Crippen molar-refractivity contribution in [2.75, 3.05) is 0 Å². The lowest BCUT2D eigenvalue weighted by Crippen LogP contribution is -2.24. The highest BCUT2D eigenvalue weighted by Gasteiger charge is 2.09. The van der Waals surface area contributed by atoms with Crippen LogP contribution in [0.15, 0.2) is 48.2 Å². The van der Waals surface area contributed by atoms with Gasteiger partial charge in [-0.15, -0.1) is 11.3 Å². The molecule has 21 heavy (non-hydrogen) atoms. The molecule has 0 radical (unpaired) electrons. The topological polar surface area (TPSA) is 70.7 Å². The van der Waals surface area contributed by atoms with Crippen LogP contribution in [-0.2, 0) is 17.8 Å². The predicted molar refractivity (Wildman–Crippen MR) is 81.7 cm³/mol. The molecule has 3 rings (SSSR count). The number of H-pyrrole nitrogens is 1. The molecule has 0 unspecified atom stereocenters. The molecule has 0 spiro atoms. The summed E-state index contributed by atoms with van der Waals surface area (Å²) in [6, 6.07) is 7.67. The molecule has 3 heterocycles. The molecule has 0 saturated carbocycles. The lowest BCUT2D eigenvalue weighted by atomic mass is 10.3. The zero-order valence-electron chi connectivity index (χ0n) is 11.2. The minimum atomic E-state index is -0.0346. The van der Waals surface area contributed by atoms with E-state index in [-0.39, 0.29) is 12.3 Å². The van der Waals surface area contributed by atoms with Crippen molar-refractivity contribution < 1.29 is 4.79 Å². The van der Waals surface area contributed by atoms with Crippen molar-refractivity contribution in [3.63, 3.8) is 0 Å². The number of amides is 1. The highest BCUT2D eigenvalue weighted by molar-refractivity contribution is 7.13. The van der Waals surface area contributed by atoms with E-state index in [9.17, 15) is 4.79 Å². The number of aromatic nitrogens is 3. The van der Waals surface area contributed by atoms with Crippen molar-refractivity contribution in [2.24, 2.45) is 0 Å². The summed E-state index contributed by atoms with van der Waals surface area (Å²) in [7, 11) is 0. The number of nitrogens with zero attached hydrogens (tertiary/aromatic N) is 2. The third kappa shape index (κ3) is 3.55. The van der Waals surface area contributed by atoms with E-state index in [1.54, 1.807) is 12.4 Å². The monoisotopic (exact) mass is 298 g/mol. The third-order valence-electron chi connectivity index (χ3n) is 2.94. The van der Waals surface area contributed by atoms with Gasteiger partial charge in [0.1, 0.15) is 5.01 Å². The molecule has 0 aliphatic rings. The first-order valence-electron chi connectivity index (χ1n) is 6.55. The Kier molecular flexibility index (Phi) is 4.07. The van der Waals surface area contributed by atoms with Crippen LogP contribution in [0.3, 0.4) is 0 Å². The summed E-state index contributed by atoms with van der Waals surface area (Å²) < 4.78 is 0. The maximum atomic E-state index is 11.9. The quantitative estimate of drug-likeness (QED) is 0.760. The highest BCUT2D eigenvalue weighted by Crippen LogP contribution is 2.22. The molecule has 0 aromatic carbocycles. The number of thiazole rings is 1. The first kappa shape index (κ1) is 13.5. The Morgan fingerprint density at radius 1 is 1.33 bits per heavy atom. The summed E-state index contributed by atoms with van der Waals surface area (Å²) >= 11 is 1.52. The fraction of sp³-hybridized carbons (Fsp3) is 0.133. The summed E-state index contributed by atoms with van der Waals surface area (Å²) in [4.78, 5) is 23.5. The standard InChI is InChI=1S/C15H14N4OS/c20-14(18-9-12-4-2-6-17-12)7-13-10-21-15(19-13)11-3-1-5-16-8-11/h1-6,8,10,17H,7,9H2,(H,18,20). The van der Waals surface area contributed by atoms with E-state index in [2.05, 4.69) is 20.3 Å². The Labute approximate surface area is 126 Å². The summed E-state index contributed by atoms with van der Waals surface area (Å²) in [6.07, 6.45) is 5.62. The van der Waals surface area contributed by atoms with E-state index in [4.69, 9.17) is 0 Å².